The van der Waals surface area contributed by atoms with Crippen LogP contribution in [0.15, 0.2) is 4.52 Å². The van der Waals surface area contributed by atoms with Gasteiger partial charge in [0.25, 0.3) is 0 Å². The van der Waals surface area contributed by atoms with Crippen LogP contribution in [0.2, 0.25) is 0 Å². The molecule has 2 fully saturated rings. The molecular formula is C17H29N3O. The maximum atomic E-state index is 5.53. The molecule has 1 N–H and O–H groups in total. The lowest BCUT2D eigenvalue weighted by Crippen LogP contribution is -2.33. The third kappa shape index (κ3) is 4.06. The van der Waals surface area contributed by atoms with Crippen molar-refractivity contribution < 1.29 is 4.52 Å². The summed E-state index contributed by atoms with van der Waals surface area (Å²) in [6.07, 6.45) is 9.83. The Hall–Kier alpha value is -0.900. The molecule has 4 nitrogen and oxygen atoms in total. The normalized spacial score (nSPS) is 27.7. The van der Waals surface area contributed by atoms with Crippen molar-refractivity contribution in [3.05, 3.63) is 11.7 Å². The van der Waals surface area contributed by atoms with E-state index in [0.29, 0.717) is 12.0 Å². The summed E-state index contributed by atoms with van der Waals surface area (Å²) in [6, 6.07) is 0.532. The number of aromatic nitrogens is 2. The summed E-state index contributed by atoms with van der Waals surface area (Å²) in [5, 5.41) is 7.91. The minimum atomic E-state index is 0.529. The Labute approximate surface area is 128 Å². The fourth-order valence-electron chi connectivity index (χ4n) is 3.46. The van der Waals surface area contributed by atoms with Gasteiger partial charge in [0.15, 0.2) is 5.82 Å². The maximum Gasteiger partial charge on any atom is 0.228 e. The highest BCUT2D eigenvalue weighted by Gasteiger charge is 2.32. The molecule has 0 radical (unpaired) electrons. The van der Waals surface area contributed by atoms with E-state index in [0.717, 1.165) is 36.5 Å². The fourth-order valence-corrected chi connectivity index (χ4v) is 3.46. The zero-order valence-electron chi connectivity index (χ0n) is 13.5. The van der Waals surface area contributed by atoms with Crippen LogP contribution in [0.4, 0.5) is 0 Å². The summed E-state index contributed by atoms with van der Waals surface area (Å²) in [6.45, 7) is 5.64. The van der Waals surface area contributed by atoms with Crippen LogP contribution in [0.1, 0.15) is 76.4 Å². The minimum Gasteiger partial charge on any atom is -0.339 e. The second kappa shape index (κ2) is 6.91. The first-order valence-electron chi connectivity index (χ1n) is 8.82. The average molecular weight is 291 g/mol. The molecule has 1 unspecified atom stereocenters. The monoisotopic (exact) mass is 291 g/mol. The highest BCUT2D eigenvalue weighted by molar-refractivity contribution is 5.00. The number of nitrogens with zero attached hydrogens (tertiary/aromatic N) is 2. The number of hydrogen-bond acceptors (Lipinski definition) is 4. The van der Waals surface area contributed by atoms with Gasteiger partial charge in [-0.05, 0) is 50.5 Å². The number of rotatable bonds is 7. The van der Waals surface area contributed by atoms with E-state index in [1.807, 2.05) is 0 Å². The standard InChI is InChI=1S/C17H29N3O/c1-3-10-18-15(13-8-9-13)11-16-19-17(20-21-16)14-6-4-12(2)5-7-14/h12-15,18H,3-11H2,1-2H3. The molecule has 1 aromatic rings. The van der Waals surface area contributed by atoms with Gasteiger partial charge in [-0.15, -0.1) is 0 Å². The van der Waals surface area contributed by atoms with Gasteiger partial charge in [0.05, 0.1) is 0 Å². The Kier molecular flexibility index (Phi) is 4.94. The van der Waals surface area contributed by atoms with Crippen molar-refractivity contribution in [3.8, 4) is 0 Å². The number of nitrogens with one attached hydrogen (secondary N) is 1. The van der Waals surface area contributed by atoms with E-state index in [-0.39, 0.29) is 0 Å². The molecule has 0 aliphatic heterocycles. The topological polar surface area (TPSA) is 51.0 Å². The molecule has 1 atom stereocenters. The van der Waals surface area contributed by atoms with Crippen LogP contribution < -0.4 is 5.32 Å². The van der Waals surface area contributed by atoms with Crippen LogP contribution in [0.25, 0.3) is 0 Å². The summed E-state index contributed by atoms with van der Waals surface area (Å²) in [5.74, 6) is 4.01. The van der Waals surface area contributed by atoms with Gasteiger partial charge in [0, 0.05) is 18.4 Å². The molecule has 2 aliphatic rings. The Morgan fingerprint density at radius 3 is 2.62 bits per heavy atom. The smallest absolute Gasteiger partial charge is 0.228 e. The van der Waals surface area contributed by atoms with Gasteiger partial charge < -0.3 is 9.84 Å². The van der Waals surface area contributed by atoms with Crippen molar-refractivity contribution in [1.82, 2.24) is 15.5 Å². The van der Waals surface area contributed by atoms with Gasteiger partial charge in [0.1, 0.15) is 0 Å². The van der Waals surface area contributed by atoms with Crippen molar-refractivity contribution >= 4 is 0 Å². The van der Waals surface area contributed by atoms with Gasteiger partial charge in [-0.2, -0.15) is 4.98 Å². The molecule has 0 spiro atoms. The average Bonchev–Trinajstić information content (AvgIpc) is 3.24. The summed E-state index contributed by atoms with van der Waals surface area (Å²) >= 11 is 0. The Balaban J connectivity index is 1.56. The van der Waals surface area contributed by atoms with E-state index < -0.39 is 0 Å². The predicted octanol–water partition coefficient (Wildman–Crippen LogP) is 3.68. The fraction of sp³-hybridized carbons (Fsp3) is 0.882. The molecule has 2 saturated carbocycles. The van der Waals surface area contributed by atoms with Crippen LogP contribution in [0.3, 0.4) is 0 Å². The van der Waals surface area contributed by atoms with Gasteiger partial charge >= 0.3 is 0 Å². The minimum absolute atomic E-state index is 0.529. The second-order valence-corrected chi connectivity index (χ2v) is 7.11. The predicted molar refractivity (Wildman–Crippen MR) is 83.2 cm³/mol. The molecule has 0 aromatic carbocycles. The molecule has 21 heavy (non-hydrogen) atoms. The molecule has 0 bridgehead atoms. The molecule has 0 saturated heterocycles. The lowest BCUT2D eigenvalue weighted by Gasteiger charge is -2.23. The van der Waals surface area contributed by atoms with Crippen LogP contribution in [0, 0.1) is 11.8 Å². The lowest BCUT2D eigenvalue weighted by molar-refractivity contribution is 0.318. The van der Waals surface area contributed by atoms with Gasteiger partial charge in [-0.25, -0.2) is 0 Å². The lowest BCUT2D eigenvalue weighted by atomic mass is 9.83. The SMILES string of the molecule is CCCNC(Cc1nc(C2CCC(C)CC2)no1)C1CC1. The van der Waals surface area contributed by atoms with Crippen molar-refractivity contribution in [1.29, 1.82) is 0 Å². The van der Waals surface area contributed by atoms with E-state index in [1.54, 1.807) is 0 Å². The van der Waals surface area contributed by atoms with Gasteiger partial charge in [-0.1, -0.05) is 31.8 Å². The van der Waals surface area contributed by atoms with Crippen LogP contribution in [-0.2, 0) is 6.42 Å². The third-order valence-electron chi connectivity index (χ3n) is 5.11. The van der Waals surface area contributed by atoms with Gasteiger partial charge in [-0.3, -0.25) is 0 Å². The largest absolute Gasteiger partial charge is 0.339 e. The Morgan fingerprint density at radius 1 is 1.19 bits per heavy atom. The molecule has 1 aromatic heterocycles. The van der Waals surface area contributed by atoms with Crippen LogP contribution in [-0.4, -0.2) is 22.7 Å². The Bertz CT molecular complexity index is 433. The van der Waals surface area contributed by atoms with Crippen molar-refractivity contribution in [2.45, 2.75) is 77.2 Å². The first kappa shape index (κ1) is 15.0. The van der Waals surface area contributed by atoms with Crippen LogP contribution >= 0.6 is 0 Å². The maximum absolute atomic E-state index is 5.53. The van der Waals surface area contributed by atoms with Crippen molar-refractivity contribution in [2.24, 2.45) is 11.8 Å². The molecule has 4 heteroatoms. The first-order valence-corrected chi connectivity index (χ1v) is 8.82. The van der Waals surface area contributed by atoms with Gasteiger partial charge in [0.2, 0.25) is 5.89 Å². The zero-order chi connectivity index (χ0) is 14.7. The number of hydrogen-bond donors (Lipinski definition) is 1. The third-order valence-corrected chi connectivity index (χ3v) is 5.11. The zero-order valence-corrected chi connectivity index (χ0v) is 13.5. The molecule has 118 valence electrons. The molecule has 3 rings (SSSR count). The molecular weight excluding hydrogens is 262 g/mol. The van der Waals surface area contributed by atoms with Crippen molar-refractivity contribution in [3.63, 3.8) is 0 Å². The first-order chi connectivity index (χ1) is 10.3. The summed E-state index contributed by atoms with van der Waals surface area (Å²) < 4.78 is 5.53. The van der Waals surface area contributed by atoms with E-state index in [9.17, 15) is 0 Å². The molecule has 2 aliphatic carbocycles. The molecule has 0 amide bonds. The summed E-state index contributed by atoms with van der Waals surface area (Å²) in [7, 11) is 0. The highest BCUT2D eigenvalue weighted by Crippen LogP contribution is 2.35. The summed E-state index contributed by atoms with van der Waals surface area (Å²) in [5.41, 5.74) is 0. The Morgan fingerprint density at radius 2 is 1.95 bits per heavy atom. The van der Waals surface area contributed by atoms with E-state index in [1.165, 1.54) is 44.9 Å². The van der Waals surface area contributed by atoms with Crippen LogP contribution in [0.5, 0.6) is 0 Å². The quantitative estimate of drug-likeness (QED) is 0.832. The van der Waals surface area contributed by atoms with Crippen molar-refractivity contribution in [2.75, 3.05) is 6.54 Å². The second-order valence-electron chi connectivity index (χ2n) is 7.11. The van der Waals surface area contributed by atoms with E-state index in [4.69, 9.17) is 9.51 Å². The van der Waals surface area contributed by atoms with E-state index in [2.05, 4.69) is 24.3 Å². The molecule has 1 heterocycles. The van der Waals surface area contributed by atoms with E-state index >= 15 is 0 Å². The highest BCUT2D eigenvalue weighted by atomic mass is 16.5. The summed E-state index contributed by atoms with van der Waals surface area (Å²) in [4.78, 5) is 4.70.